The molecule has 2 aliphatic rings. The molecule has 3 atom stereocenters. The van der Waals surface area contributed by atoms with E-state index in [1.54, 1.807) is 6.92 Å². The van der Waals surface area contributed by atoms with Gasteiger partial charge in [-0.25, -0.2) is 0 Å². The molecule has 0 aromatic carbocycles. The molecule has 122 valence electrons. The molecule has 8 heteroatoms. The quantitative estimate of drug-likeness (QED) is 0.703. The second kappa shape index (κ2) is 7.04. The Morgan fingerprint density at radius 2 is 2.00 bits per heavy atom. The summed E-state index contributed by atoms with van der Waals surface area (Å²) in [5.74, 6) is -0.496. The number of ether oxygens (including phenoxy) is 1. The molecular weight excluding hydrogens is 296 g/mol. The molecule has 1 aliphatic carbocycles. The summed E-state index contributed by atoms with van der Waals surface area (Å²) >= 11 is 0. The van der Waals surface area contributed by atoms with Gasteiger partial charge in [-0.3, -0.25) is 4.79 Å². The van der Waals surface area contributed by atoms with E-state index in [0.29, 0.717) is 32.2 Å². The molecule has 0 bridgehead atoms. The average Bonchev–Trinajstić information content (AvgIpc) is 2.92. The van der Waals surface area contributed by atoms with Gasteiger partial charge in [0.1, 0.15) is 6.04 Å². The van der Waals surface area contributed by atoms with Crippen molar-refractivity contribution in [3.63, 3.8) is 0 Å². The van der Waals surface area contributed by atoms with E-state index in [0.717, 1.165) is 12.8 Å². The molecule has 7 nitrogen and oxygen atoms in total. The van der Waals surface area contributed by atoms with Crippen molar-refractivity contribution in [2.45, 2.75) is 63.6 Å². The van der Waals surface area contributed by atoms with Crippen LogP contribution in [0.2, 0.25) is 0 Å². The standard InChI is InChI=1S/C13H24N2O5S/c1-2-20-13(17)11-7-5-9-15(11)21(18,19)14-10-6-3-4-8-12(10)16/h10-12,14,16H,2-9H2,1H3/t10-,11?,12-/m0/s1. The van der Waals surface area contributed by atoms with E-state index >= 15 is 0 Å². The number of carbonyl (C=O) groups excluding carboxylic acids is 1. The normalized spacial score (nSPS) is 31.2. The molecule has 1 saturated carbocycles. The van der Waals surface area contributed by atoms with Gasteiger partial charge in [0.25, 0.3) is 10.2 Å². The van der Waals surface area contributed by atoms with Crippen LogP contribution in [-0.2, 0) is 19.7 Å². The van der Waals surface area contributed by atoms with Gasteiger partial charge in [-0.05, 0) is 32.6 Å². The Balaban J connectivity index is 2.05. The number of aliphatic hydroxyl groups is 1. The van der Waals surface area contributed by atoms with E-state index in [2.05, 4.69) is 4.72 Å². The first-order chi connectivity index (χ1) is 9.95. The Kier molecular flexibility index (Phi) is 5.59. The number of nitrogens with one attached hydrogen (secondary N) is 1. The minimum atomic E-state index is -3.78. The average molecular weight is 320 g/mol. The summed E-state index contributed by atoms with van der Waals surface area (Å²) in [5, 5.41) is 9.90. The molecule has 2 N–H and O–H groups in total. The van der Waals surface area contributed by atoms with Gasteiger partial charge in [-0.15, -0.1) is 0 Å². The summed E-state index contributed by atoms with van der Waals surface area (Å²) in [5.41, 5.74) is 0. The highest BCUT2D eigenvalue weighted by Gasteiger charge is 2.41. The summed E-state index contributed by atoms with van der Waals surface area (Å²) in [7, 11) is -3.78. The number of carbonyl (C=O) groups is 1. The highest BCUT2D eigenvalue weighted by Crippen LogP contribution is 2.24. The van der Waals surface area contributed by atoms with E-state index < -0.39 is 34.4 Å². The maximum absolute atomic E-state index is 12.5. The van der Waals surface area contributed by atoms with Crippen LogP contribution in [0, 0.1) is 0 Å². The number of nitrogens with zero attached hydrogens (tertiary/aromatic N) is 1. The lowest BCUT2D eigenvalue weighted by Crippen LogP contribution is -2.53. The van der Waals surface area contributed by atoms with Crippen molar-refractivity contribution >= 4 is 16.2 Å². The summed E-state index contributed by atoms with van der Waals surface area (Å²) in [6.07, 6.45) is 3.49. The van der Waals surface area contributed by atoms with Crippen LogP contribution >= 0.6 is 0 Å². The molecule has 2 fully saturated rings. The number of rotatable bonds is 5. The summed E-state index contributed by atoms with van der Waals surface area (Å²) < 4.78 is 33.6. The highest BCUT2D eigenvalue weighted by molar-refractivity contribution is 7.87. The smallest absolute Gasteiger partial charge is 0.324 e. The first kappa shape index (κ1) is 16.7. The fraction of sp³-hybridized carbons (Fsp3) is 0.923. The fourth-order valence-corrected chi connectivity index (χ4v) is 4.70. The van der Waals surface area contributed by atoms with Gasteiger partial charge in [-0.2, -0.15) is 17.4 Å². The van der Waals surface area contributed by atoms with E-state index in [-0.39, 0.29) is 6.61 Å². The van der Waals surface area contributed by atoms with Crippen molar-refractivity contribution in [3.05, 3.63) is 0 Å². The Morgan fingerprint density at radius 3 is 2.67 bits per heavy atom. The Labute approximate surface area is 125 Å². The van der Waals surface area contributed by atoms with Crippen molar-refractivity contribution in [2.75, 3.05) is 13.2 Å². The van der Waals surface area contributed by atoms with Gasteiger partial charge in [0, 0.05) is 12.6 Å². The zero-order valence-electron chi connectivity index (χ0n) is 12.3. The topological polar surface area (TPSA) is 95.9 Å². The molecule has 1 heterocycles. The first-order valence-corrected chi connectivity index (χ1v) is 9.03. The third-order valence-electron chi connectivity index (χ3n) is 4.10. The van der Waals surface area contributed by atoms with Gasteiger partial charge in [-0.1, -0.05) is 12.8 Å². The van der Waals surface area contributed by atoms with Crippen LogP contribution in [0.15, 0.2) is 0 Å². The van der Waals surface area contributed by atoms with Crippen molar-refractivity contribution in [1.82, 2.24) is 9.03 Å². The molecule has 1 unspecified atom stereocenters. The molecule has 0 amide bonds. The minimum absolute atomic E-state index is 0.234. The van der Waals surface area contributed by atoms with E-state index in [4.69, 9.17) is 4.74 Å². The highest BCUT2D eigenvalue weighted by atomic mass is 32.2. The second-order valence-corrected chi connectivity index (χ2v) is 7.26. The zero-order valence-corrected chi connectivity index (χ0v) is 13.1. The first-order valence-electron chi connectivity index (χ1n) is 7.59. The summed E-state index contributed by atoms with van der Waals surface area (Å²) in [6.45, 7) is 2.24. The van der Waals surface area contributed by atoms with E-state index in [1.165, 1.54) is 4.31 Å². The van der Waals surface area contributed by atoms with Gasteiger partial charge < -0.3 is 9.84 Å². The lowest BCUT2D eigenvalue weighted by atomic mass is 9.93. The molecule has 0 aromatic heterocycles. The van der Waals surface area contributed by atoms with Crippen LogP contribution in [0.4, 0.5) is 0 Å². The third-order valence-corrected chi connectivity index (χ3v) is 5.76. The molecule has 0 aromatic rings. The fourth-order valence-electron chi connectivity index (χ4n) is 3.01. The van der Waals surface area contributed by atoms with Gasteiger partial charge in [0.2, 0.25) is 0 Å². The lowest BCUT2D eigenvalue weighted by molar-refractivity contribution is -0.146. The number of hydrogen-bond donors (Lipinski definition) is 2. The Morgan fingerprint density at radius 1 is 1.29 bits per heavy atom. The van der Waals surface area contributed by atoms with Crippen molar-refractivity contribution < 1.29 is 23.1 Å². The Bertz CT molecular complexity index is 467. The maximum atomic E-state index is 12.5. The summed E-state index contributed by atoms with van der Waals surface area (Å²) in [6, 6.07) is -1.21. The molecule has 0 spiro atoms. The minimum Gasteiger partial charge on any atom is -0.465 e. The third kappa shape index (κ3) is 3.94. The van der Waals surface area contributed by atoms with Crippen molar-refractivity contribution in [2.24, 2.45) is 0 Å². The monoisotopic (exact) mass is 320 g/mol. The van der Waals surface area contributed by atoms with Crippen LogP contribution in [0.1, 0.15) is 45.4 Å². The van der Waals surface area contributed by atoms with Crippen molar-refractivity contribution in [1.29, 1.82) is 0 Å². The van der Waals surface area contributed by atoms with Crippen LogP contribution in [0.25, 0.3) is 0 Å². The zero-order chi connectivity index (χ0) is 15.5. The molecule has 1 saturated heterocycles. The predicted octanol–water partition coefficient (Wildman–Crippen LogP) is 0.152. The van der Waals surface area contributed by atoms with Gasteiger partial charge >= 0.3 is 5.97 Å². The number of aliphatic hydroxyl groups excluding tert-OH is 1. The van der Waals surface area contributed by atoms with E-state index in [9.17, 15) is 18.3 Å². The maximum Gasteiger partial charge on any atom is 0.324 e. The van der Waals surface area contributed by atoms with Crippen LogP contribution in [0.3, 0.4) is 0 Å². The SMILES string of the molecule is CCOC(=O)C1CCCN1S(=O)(=O)N[C@H]1CCCC[C@@H]1O. The predicted molar refractivity (Wildman–Crippen MR) is 76.7 cm³/mol. The van der Waals surface area contributed by atoms with Crippen molar-refractivity contribution in [3.8, 4) is 0 Å². The molecule has 1 aliphatic heterocycles. The number of hydrogen-bond acceptors (Lipinski definition) is 5. The van der Waals surface area contributed by atoms with Gasteiger partial charge in [0.05, 0.1) is 12.7 Å². The lowest BCUT2D eigenvalue weighted by Gasteiger charge is -2.31. The van der Waals surface area contributed by atoms with Crippen LogP contribution < -0.4 is 4.72 Å². The molecule has 2 rings (SSSR count). The second-order valence-electron chi connectivity index (χ2n) is 5.60. The Hall–Kier alpha value is -0.700. The number of esters is 1. The van der Waals surface area contributed by atoms with E-state index in [1.807, 2.05) is 0 Å². The largest absolute Gasteiger partial charge is 0.465 e. The molecule has 21 heavy (non-hydrogen) atoms. The molecular formula is C13H24N2O5S. The van der Waals surface area contributed by atoms with Crippen LogP contribution in [-0.4, -0.2) is 55.1 Å². The summed E-state index contributed by atoms with van der Waals surface area (Å²) in [4.78, 5) is 11.9. The molecule has 0 radical (unpaired) electrons. The van der Waals surface area contributed by atoms with Crippen LogP contribution in [0.5, 0.6) is 0 Å². The van der Waals surface area contributed by atoms with Gasteiger partial charge in [0.15, 0.2) is 0 Å².